The van der Waals surface area contributed by atoms with Crippen molar-refractivity contribution in [1.29, 1.82) is 0 Å². The molecule has 4 aromatic rings. The molecule has 2 aliphatic heterocycles. The molecule has 2 fully saturated rings. The summed E-state index contributed by atoms with van der Waals surface area (Å²) in [7, 11) is 0. The molecular weight excluding hydrogens is 462 g/mol. The number of nitrogens with zero attached hydrogens (tertiary/aromatic N) is 4. The molecule has 35 heavy (non-hydrogen) atoms. The average Bonchev–Trinajstić information content (AvgIpc) is 3.61. The topological polar surface area (TPSA) is 95.8 Å². The smallest absolute Gasteiger partial charge is 0.407 e. The Morgan fingerprint density at radius 1 is 1.26 bits per heavy atom. The first-order chi connectivity index (χ1) is 16.8. The van der Waals surface area contributed by atoms with Gasteiger partial charge in [0.15, 0.2) is 5.65 Å². The Bertz CT molecular complexity index is 1530. The zero-order chi connectivity index (χ0) is 24.2. The van der Waals surface area contributed by atoms with Crippen LogP contribution in [0.3, 0.4) is 0 Å². The van der Waals surface area contributed by atoms with Gasteiger partial charge in [0.25, 0.3) is 0 Å². The summed E-state index contributed by atoms with van der Waals surface area (Å²) in [6, 6.07) is 0.169. The van der Waals surface area contributed by atoms with E-state index in [1.807, 2.05) is 22.8 Å². The second-order valence-electron chi connectivity index (χ2n) is 10.7. The lowest BCUT2D eigenvalue weighted by atomic mass is 9.88. The summed E-state index contributed by atoms with van der Waals surface area (Å²) in [6.07, 6.45) is 3.27. The summed E-state index contributed by atoms with van der Waals surface area (Å²) in [4.78, 5) is 24.3. The number of ether oxygens (including phenoxy) is 1. The monoisotopic (exact) mass is 491 g/mol. The standard InChI is InChI=1S/C26H29N5O3S/c1-11(2)20-21-12(3)23(16-6-15-5-14(16)7-30(15)26(32)33)35-25(21)28-22(20)17-8-31-24(27-13(4)29-31)19-10-34-9-18(17)19/h8,11,14-16,28H,5-7,9-10H2,1-4H3,(H,32,33)/t14-,15-,16+/m0/s1. The van der Waals surface area contributed by atoms with Gasteiger partial charge in [-0.25, -0.2) is 14.3 Å². The van der Waals surface area contributed by atoms with Crippen molar-refractivity contribution in [1.82, 2.24) is 24.5 Å². The summed E-state index contributed by atoms with van der Waals surface area (Å²) in [5.41, 5.74) is 8.27. The van der Waals surface area contributed by atoms with Crippen LogP contribution >= 0.6 is 11.3 Å². The van der Waals surface area contributed by atoms with Gasteiger partial charge in [-0.15, -0.1) is 11.3 Å². The number of H-pyrrole nitrogens is 1. The minimum Gasteiger partial charge on any atom is -0.465 e. The normalized spacial score (nSPS) is 23.5. The van der Waals surface area contributed by atoms with Crippen LogP contribution in [0, 0.1) is 19.8 Å². The van der Waals surface area contributed by atoms with Crippen LogP contribution in [0.1, 0.15) is 71.5 Å². The molecule has 182 valence electrons. The van der Waals surface area contributed by atoms with Gasteiger partial charge in [-0.2, -0.15) is 5.10 Å². The molecule has 8 nitrogen and oxygen atoms in total. The molecule has 0 radical (unpaired) electrons. The number of pyridine rings is 1. The molecule has 2 bridgehead atoms. The zero-order valence-electron chi connectivity index (χ0n) is 20.4. The number of amides is 1. The van der Waals surface area contributed by atoms with E-state index in [-0.39, 0.29) is 6.04 Å². The third-order valence-electron chi connectivity index (χ3n) is 8.37. The van der Waals surface area contributed by atoms with Gasteiger partial charge in [-0.05, 0) is 55.2 Å². The molecule has 0 aromatic carbocycles. The van der Waals surface area contributed by atoms with Crippen molar-refractivity contribution in [3.05, 3.63) is 39.2 Å². The Labute approximate surface area is 206 Å². The van der Waals surface area contributed by atoms with Crippen molar-refractivity contribution >= 4 is 33.3 Å². The third-order valence-corrected chi connectivity index (χ3v) is 9.71. The van der Waals surface area contributed by atoms with E-state index < -0.39 is 6.09 Å². The highest BCUT2D eigenvalue weighted by molar-refractivity contribution is 7.19. The number of aromatic nitrogens is 4. The van der Waals surface area contributed by atoms with E-state index in [0.717, 1.165) is 41.1 Å². The number of likely N-dealkylation sites (tertiary alicyclic amines) is 1. The van der Waals surface area contributed by atoms with Crippen molar-refractivity contribution in [2.45, 2.75) is 71.6 Å². The number of aromatic amines is 1. The molecule has 1 saturated heterocycles. The second kappa shape index (κ2) is 7.30. The molecule has 9 heteroatoms. The van der Waals surface area contributed by atoms with E-state index in [0.29, 0.717) is 37.5 Å². The average molecular weight is 492 g/mol. The van der Waals surface area contributed by atoms with E-state index in [1.165, 1.54) is 31.8 Å². The maximum atomic E-state index is 11.6. The molecule has 0 spiro atoms. The maximum Gasteiger partial charge on any atom is 0.407 e. The second-order valence-corrected chi connectivity index (χ2v) is 11.8. The van der Waals surface area contributed by atoms with Crippen LogP contribution in [0.25, 0.3) is 27.1 Å². The quantitative estimate of drug-likeness (QED) is 0.391. The molecule has 7 rings (SSSR count). The lowest BCUT2D eigenvalue weighted by Gasteiger charge is -2.29. The highest BCUT2D eigenvalue weighted by atomic mass is 32.1. The third kappa shape index (κ3) is 2.91. The van der Waals surface area contributed by atoms with E-state index in [1.54, 1.807) is 4.90 Å². The van der Waals surface area contributed by atoms with Crippen molar-refractivity contribution in [2.75, 3.05) is 6.54 Å². The maximum absolute atomic E-state index is 11.6. The van der Waals surface area contributed by atoms with Crippen molar-refractivity contribution in [2.24, 2.45) is 5.92 Å². The van der Waals surface area contributed by atoms with E-state index in [4.69, 9.17) is 4.74 Å². The van der Waals surface area contributed by atoms with Gasteiger partial charge in [0.05, 0.1) is 18.9 Å². The number of thiophene rings is 1. The Hall–Kier alpha value is -2.91. The molecule has 2 N–H and O–H groups in total. The van der Waals surface area contributed by atoms with E-state index >= 15 is 0 Å². The summed E-state index contributed by atoms with van der Waals surface area (Å²) in [5, 5.41) is 15.5. The van der Waals surface area contributed by atoms with Gasteiger partial charge >= 0.3 is 6.09 Å². The Balaban J connectivity index is 1.37. The van der Waals surface area contributed by atoms with Gasteiger partial charge in [0, 0.05) is 46.1 Å². The first-order valence-corrected chi connectivity index (χ1v) is 13.2. The summed E-state index contributed by atoms with van der Waals surface area (Å²) >= 11 is 1.87. The largest absolute Gasteiger partial charge is 0.465 e. The molecular formula is C26H29N5O3S. The summed E-state index contributed by atoms with van der Waals surface area (Å²) < 4.78 is 7.78. The fraction of sp³-hybridized carbons (Fsp3) is 0.500. The molecule has 3 aliphatic rings. The van der Waals surface area contributed by atoms with Gasteiger partial charge in [-0.3, -0.25) is 0 Å². The Morgan fingerprint density at radius 3 is 2.77 bits per heavy atom. The van der Waals surface area contributed by atoms with Crippen molar-refractivity contribution < 1.29 is 14.6 Å². The highest BCUT2D eigenvalue weighted by Gasteiger charge is 2.48. The predicted molar refractivity (Wildman–Crippen MR) is 134 cm³/mol. The fourth-order valence-corrected chi connectivity index (χ4v) is 8.35. The van der Waals surface area contributed by atoms with Crippen LogP contribution in [0.2, 0.25) is 0 Å². The van der Waals surface area contributed by atoms with E-state index in [9.17, 15) is 9.90 Å². The summed E-state index contributed by atoms with van der Waals surface area (Å²) in [6.45, 7) is 10.5. The van der Waals surface area contributed by atoms with Gasteiger partial charge in [0.2, 0.25) is 0 Å². The number of carbonyl (C=O) groups is 1. The number of fused-ring (bicyclic) bond motifs is 6. The van der Waals surface area contributed by atoms with Crippen molar-refractivity contribution in [3.63, 3.8) is 0 Å². The van der Waals surface area contributed by atoms with Gasteiger partial charge in [0.1, 0.15) is 10.7 Å². The lowest BCUT2D eigenvalue weighted by molar-refractivity contribution is 0.127. The number of hydrogen-bond donors (Lipinski definition) is 2. The van der Waals surface area contributed by atoms with Crippen LogP contribution in [0.4, 0.5) is 4.79 Å². The van der Waals surface area contributed by atoms with Crippen LogP contribution in [0.15, 0.2) is 6.20 Å². The number of rotatable bonds is 3. The number of aryl methyl sites for hydroxylation is 2. The van der Waals surface area contributed by atoms with E-state index in [2.05, 4.69) is 42.0 Å². The first kappa shape index (κ1) is 21.4. The number of hydrogen-bond acceptors (Lipinski definition) is 5. The fourth-order valence-electron chi connectivity index (χ4n) is 6.91. The number of carboxylic acid groups (broad SMARTS) is 1. The molecule has 1 aliphatic carbocycles. The number of piperidine rings is 1. The zero-order valence-corrected chi connectivity index (χ0v) is 21.2. The first-order valence-electron chi connectivity index (χ1n) is 12.4. The minimum absolute atomic E-state index is 0.169. The van der Waals surface area contributed by atoms with Crippen LogP contribution in [-0.4, -0.2) is 48.3 Å². The van der Waals surface area contributed by atoms with Crippen LogP contribution in [-0.2, 0) is 18.0 Å². The molecule has 0 unspecified atom stereocenters. The molecule has 1 saturated carbocycles. The highest BCUT2D eigenvalue weighted by Crippen LogP contribution is 2.53. The summed E-state index contributed by atoms with van der Waals surface area (Å²) in [5.74, 6) is 1.99. The van der Waals surface area contributed by atoms with Crippen molar-refractivity contribution in [3.8, 4) is 11.3 Å². The van der Waals surface area contributed by atoms with Gasteiger partial charge in [-0.1, -0.05) is 13.8 Å². The van der Waals surface area contributed by atoms with Crippen LogP contribution in [0.5, 0.6) is 0 Å². The molecule has 3 atom stereocenters. The lowest BCUT2D eigenvalue weighted by Crippen LogP contribution is -2.38. The SMILES string of the molecule is Cc1nc2c3c(c(-c4[nH]c5sc([C@@H]6C[C@@H]7C[C@H]6CN7C(=O)O)c(C)c5c4C(C)C)cn2n1)COC3. The van der Waals surface area contributed by atoms with Crippen LogP contribution < -0.4 is 0 Å². The molecule has 1 amide bonds. The Kier molecular flexibility index (Phi) is 4.46. The number of nitrogens with one attached hydrogen (secondary N) is 1. The molecule has 6 heterocycles. The Morgan fingerprint density at radius 2 is 2.06 bits per heavy atom. The molecule has 4 aromatic heterocycles. The minimum atomic E-state index is -0.770. The van der Waals surface area contributed by atoms with Gasteiger partial charge < -0.3 is 19.7 Å². The predicted octanol–water partition coefficient (Wildman–Crippen LogP) is 5.57.